The lowest BCUT2D eigenvalue weighted by atomic mass is 10.1. The summed E-state index contributed by atoms with van der Waals surface area (Å²) in [6, 6.07) is 0. The zero-order chi connectivity index (χ0) is 17.1. The van der Waals surface area contributed by atoms with Crippen molar-refractivity contribution in [3.05, 3.63) is 59.5 Å². The van der Waals surface area contributed by atoms with Crippen molar-refractivity contribution in [3.63, 3.8) is 0 Å². The quantitative estimate of drug-likeness (QED) is 0.391. The van der Waals surface area contributed by atoms with Gasteiger partial charge in [0.1, 0.15) is 5.84 Å². The number of hydrogen-bond donors (Lipinski definition) is 2. The fourth-order valence-corrected chi connectivity index (χ4v) is 1.65. The van der Waals surface area contributed by atoms with E-state index < -0.39 is 0 Å². The topological polar surface area (TPSA) is 64.4 Å². The Morgan fingerprint density at radius 1 is 1.27 bits per heavy atom. The summed E-state index contributed by atoms with van der Waals surface area (Å²) < 4.78 is 0. The summed E-state index contributed by atoms with van der Waals surface area (Å²) in [5.41, 5.74) is 15.4. The van der Waals surface area contributed by atoms with Gasteiger partial charge in [-0.05, 0) is 37.3 Å². The molecule has 0 saturated carbocycles. The van der Waals surface area contributed by atoms with Crippen LogP contribution in [0.25, 0.3) is 0 Å². The van der Waals surface area contributed by atoms with Crippen LogP contribution in [0.4, 0.5) is 0 Å². The van der Waals surface area contributed by atoms with Crippen molar-refractivity contribution >= 4 is 5.84 Å². The van der Waals surface area contributed by atoms with Crippen LogP contribution in [-0.4, -0.2) is 5.84 Å². The summed E-state index contributed by atoms with van der Waals surface area (Å²) in [6.07, 6.45) is 11.8. The highest BCUT2D eigenvalue weighted by Gasteiger charge is 2.05. The van der Waals surface area contributed by atoms with Crippen LogP contribution in [0.3, 0.4) is 0 Å². The molecule has 0 rings (SSSR count). The van der Waals surface area contributed by atoms with Gasteiger partial charge in [-0.1, -0.05) is 64.2 Å². The Morgan fingerprint density at radius 3 is 2.36 bits per heavy atom. The smallest absolute Gasteiger partial charge is 0.147 e. The number of hydrogen-bond acceptors (Lipinski definition) is 2. The van der Waals surface area contributed by atoms with Gasteiger partial charge in [-0.3, -0.25) is 0 Å². The molecule has 0 radical (unpaired) electrons. The minimum atomic E-state index is 0.361. The van der Waals surface area contributed by atoms with Crippen molar-refractivity contribution in [2.24, 2.45) is 22.4 Å². The van der Waals surface area contributed by atoms with Gasteiger partial charge >= 0.3 is 0 Å². The molecular weight excluding hydrogens is 270 g/mol. The molecule has 4 N–H and O–H groups in total. The molecule has 0 heterocycles. The average molecular weight is 301 g/mol. The number of amidine groups is 1. The molecule has 122 valence electrons. The number of nitrogens with zero attached hydrogens (tertiary/aromatic N) is 1. The van der Waals surface area contributed by atoms with E-state index in [1.807, 2.05) is 32.9 Å². The zero-order valence-electron chi connectivity index (χ0n) is 14.7. The number of allylic oxidation sites excluding steroid dienone is 6. The van der Waals surface area contributed by atoms with Crippen LogP contribution in [0.1, 0.15) is 47.5 Å². The Bertz CT molecular complexity index is 517. The SMILES string of the molecule is C=C/C=C(\C=C/C(C)CC)C(=C/C)/N=C(N)/C(N)=C(\C)CC. The second-order valence-corrected chi connectivity index (χ2v) is 5.32. The van der Waals surface area contributed by atoms with Crippen LogP contribution in [-0.2, 0) is 0 Å². The Kier molecular flexibility index (Phi) is 9.68. The summed E-state index contributed by atoms with van der Waals surface area (Å²) in [7, 11) is 0. The minimum absolute atomic E-state index is 0.361. The van der Waals surface area contributed by atoms with Gasteiger partial charge in [-0.15, -0.1) is 0 Å². The highest BCUT2D eigenvalue weighted by Crippen LogP contribution is 2.17. The van der Waals surface area contributed by atoms with E-state index in [1.165, 1.54) is 0 Å². The molecule has 0 amide bonds. The third-order valence-corrected chi connectivity index (χ3v) is 3.62. The van der Waals surface area contributed by atoms with Gasteiger partial charge in [0.2, 0.25) is 0 Å². The predicted molar refractivity (Wildman–Crippen MR) is 99.4 cm³/mol. The minimum Gasteiger partial charge on any atom is -0.396 e. The first-order valence-electron chi connectivity index (χ1n) is 7.88. The van der Waals surface area contributed by atoms with Crippen molar-refractivity contribution < 1.29 is 0 Å². The van der Waals surface area contributed by atoms with Gasteiger partial charge in [0.25, 0.3) is 0 Å². The lowest BCUT2D eigenvalue weighted by molar-refractivity contribution is 0.698. The largest absolute Gasteiger partial charge is 0.396 e. The molecule has 0 aliphatic heterocycles. The van der Waals surface area contributed by atoms with E-state index in [2.05, 4.69) is 37.6 Å². The summed E-state index contributed by atoms with van der Waals surface area (Å²) in [6.45, 7) is 14.1. The number of rotatable bonds is 8. The van der Waals surface area contributed by atoms with Gasteiger partial charge in [0.05, 0.1) is 11.4 Å². The second-order valence-electron chi connectivity index (χ2n) is 5.32. The molecule has 1 atom stereocenters. The van der Waals surface area contributed by atoms with Gasteiger partial charge in [-0.25, -0.2) is 4.99 Å². The van der Waals surface area contributed by atoms with Crippen molar-refractivity contribution in [1.29, 1.82) is 0 Å². The van der Waals surface area contributed by atoms with E-state index in [4.69, 9.17) is 11.5 Å². The van der Waals surface area contributed by atoms with E-state index >= 15 is 0 Å². The van der Waals surface area contributed by atoms with E-state index in [-0.39, 0.29) is 0 Å². The molecular formula is C19H31N3. The summed E-state index contributed by atoms with van der Waals surface area (Å²) in [4.78, 5) is 4.49. The summed E-state index contributed by atoms with van der Waals surface area (Å²) in [5, 5.41) is 0. The van der Waals surface area contributed by atoms with Crippen LogP contribution < -0.4 is 11.5 Å². The molecule has 0 aromatic carbocycles. The first kappa shape index (κ1) is 20.0. The van der Waals surface area contributed by atoms with Crippen LogP contribution in [0.5, 0.6) is 0 Å². The standard InChI is InChI=1S/C19H31N3/c1-7-11-16(13-12-14(5)8-2)17(10-4)22-19(21)18(20)15(6)9-3/h7,10-14H,1,8-9,20H2,2-6H3,(H2,21,22)/b13-12-,16-11+,17-10-,18-15-. The van der Waals surface area contributed by atoms with Crippen LogP contribution >= 0.6 is 0 Å². The maximum absolute atomic E-state index is 6.04. The number of nitrogens with two attached hydrogens (primary N) is 2. The summed E-state index contributed by atoms with van der Waals surface area (Å²) in [5.74, 6) is 0.874. The summed E-state index contributed by atoms with van der Waals surface area (Å²) >= 11 is 0. The molecule has 1 unspecified atom stereocenters. The fraction of sp³-hybridized carbons (Fsp3) is 0.421. The first-order valence-corrected chi connectivity index (χ1v) is 7.88. The maximum Gasteiger partial charge on any atom is 0.147 e. The Morgan fingerprint density at radius 2 is 1.91 bits per heavy atom. The van der Waals surface area contributed by atoms with Gasteiger partial charge in [0, 0.05) is 0 Å². The van der Waals surface area contributed by atoms with Crippen LogP contribution in [0, 0.1) is 5.92 Å². The molecule has 0 fully saturated rings. The van der Waals surface area contributed by atoms with Crippen molar-refractivity contribution in [3.8, 4) is 0 Å². The molecule has 0 spiro atoms. The van der Waals surface area contributed by atoms with Crippen molar-refractivity contribution in [2.45, 2.75) is 47.5 Å². The zero-order valence-corrected chi connectivity index (χ0v) is 14.7. The molecule has 22 heavy (non-hydrogen) atoms. The molecule has 3 nitrogen and oxygen atoms in total. The third-order valence-electron chi connectivity index (χ3n) is 3.62. The van der Waals surface area contributed by atoms with Crippen molar-refractivity contribution in [2.75, 3.05) is 0 Å². The molecule has 0 aliphatic carbocycles. The molecule has 0 aromatic rings. The van der Waals surface area contributed by atoms with Crippen LogP contribution in [0.15, 0.2) is 64.5 Å². The van der Waals surface area contributed by atoms with Gasteiger partial charge in [0.15, 0.2) is 0 Å². The Labute approximate surface area is 135 Å². The molecule has 0 saturated heterocycles. The molecule has 3 heteroatoms. The van der Waals surface area contributed by atoms with E-state index in [9.17, 15) is 0 Å². The maximum atomic E-state index is 6.04. The van der Waals surface area contributed by atoms with E-state index in [0.29, 0.717) is 17.5 Å². The fourth-order valence-electron chi connectivity index (χ4n) is 1.65. The van der Waals surface area contributed by atoms with E-state index in [1.54, 1.807) is 6.08 Å². The average Bonchev–Trinajstić information content (AvgIpc) is 2.54. The first-order chi connectivity index (χ1) is 10.4. The molecule has 0 aliphatic rings. The monoisotopic (exact) mass is 301 g/mol. The highest BCUT2D eigenvalue weighted by molar-refractivity contribution is 5.97. The van der Waals surface area contributed by atoms with Crippen molar-refractivity contribution in [1.82, 2.24) is 0 Å². The van der Waals surface area contributed by atoms with Gasteiger partial charge in [-0.2, -0.15) is 0 Å². The number of aliphatic imine (C=N–C) groups is 1. The molecule has 0 aromatic heterocycles. The Hall–Kier alpha value is -2.03. The van der Waals surface area contributed by atoms with E-state index in [0.717, 1.165) is 29.7 Å². The Balaban J connectivity index is 5.59. The lowest BCUT2D eigenvalue weighted by Gasteiger charge is -2.09. The second kappa shape index (κ2) is 10.7. The normalized spacial score (nSPS) is 16.7. The predicted octanol–water partition coefficient (Wildman–Crippen LogP) is 4.60. The van der Waals surface area contributed by atoms with Gasteiger partial charge < -0.3 is 11.5 Å². The van der Waals surface area contributed by atoms with Crippen LogP contribution in [0.2, 0.25) is 0 Å². The lowest BCUT2D eigenvalue weighted by Crippen LogP contribution is -2.22. The molecule has 0 bridgehead atoms. The third kappa shape index (κ3) is 6.61. The highest BCUT2D eigenvalue weighted by atomic mass is 14.9.